The minimum Gasteiger partial charge on any atom is -0.508 e. The molecule has 0 amide bonds. The van der Waals surface area contributed by atoms with Crippen molar-refractivity contribution in [2.24, 2.45) is 0 Å². The van der Waals surface area contributed by atoms with Crippen LogP contribution in [0.5, 0.6) is 5.75 Å². The van der Waals surface area contributed by atoms with Crippen molar-refractivity contribution in [3.63, 3.8) is 0 Å². The van der Waals surface area contributed by atoms with Gasteiger partial charge in [-0.2, -0.15) is 0 Å². The number of phenolic OH excluding ortho intramolecular Hbond substituents is 1. The monoisotopic (exact) mass is 252 g/mol. The molecule has 2 rings (SSSR count). The molecule has 1 nitrogen and oxygen atoms in total. The quantitative estimate of drug-likeness (QED) is 0.787. The molecule has 0 aliphatic rings. The third-order valence-corrected chi connectivity index (χ3v) is 3.20. The summed E-state index contributed by atoms with van der Waals surface area (Å²) in [5, 5.41) is 9.55. The van der Waals surface area contributed by atoms with E-state index in [0.29, 0.717) is 5.02 Å². The van der Waals surface area contributed by atoms with Crippen molar-refractivity contribution in [3.8, 4) is 5.75 Å². The van der Waals surface area contributed by atoms with Crippen molar-refractivity contribution in [3.05, 3.63) is 64.7 Å². The first-order valence-corrected chi connectivity index (χ1v) is 5.67. The molecule has 0 aromatic heterocycles. The first kappa shape index (κ1) is 11.3. The fourth-order valence-electron chi connectivity index (χ4n) is 1.50. The third kappa shape index (κ3) is 2.31. The molecule has 1 unspecified atom stereocenters. The van der Waals surface area contributed by atoms with Crippen molar-refractivity contribution < 1.29 is 5.11 Å². The zero-order chi connectivity index (χ0) is 11.5. The molecule has 0 saturated carbocycles. The molecule has 0 saturated heterocycles. The number of halogens is 2. The summed E-state index contributed by atoms with van der Waals surface area (Å²) in [5.74, 6) is 0.228. The van der Waals surface area contributed by atoms with Crippen molar-refractivity contribution >= 4 is 23.2 Å². The standard InChI is InChI=1S/C13H10Cl2O/c14-12-4-2-1-3-11(12)13(15)9-5-7-10(16)8-6-9/h1-8,13,16H. The topological polar surface area (TPSA) is 20.2 Å². The van der Waals surface area contributed by atoms with E-state index in [1.807, 2.05) is 24.3 Å². The van der Waals surface area contributed by atoms with E-state index in [1.54, 1.807) is 24.3 Å². The largest absolute Gasteiger partial charge is 0.508 e. The van der Waals surface area contributed by atoms with Gasteiger partial charge in [0.1, 0.15) is 5.75 Å². The molecule has 2 aromatic carbocycles. The van der Waals surface area contributed by atoms with Crippen molar-refractivity contribution in [2.75, 3.05) is 0 Å². The second-order valence-electron chi connectivity index (χ2n) is 3.48. The molecule has 0 heterocycles. The van der Waals surface area contributed by atoms with Crippen LogP contribution >= 0.6 is 23.2 Å². The molecule has 0 radical (unpaired) electrons. The number of hydrogen-bond acceptors (Lipinski definition) is 1. The number of alkyl halides is 1. The first-order chi connectivity index (χ1) is 7.68. The van der Waals surface area contributed by atoms with E-state index >= 15 is 0 Å². The summed E-state index contributed by atoms with van der Waals surface area (Å²) in [4.78, 5) is 0. The van der Waals surface area contributed by atoms with Gasteiger partial charge in [0.15, 0.2) is 0 Å². The number of hydrogen-bond donors (Lipinski definition) is 1. The van der Waals surface area contributed by atoms with Crippen LogP contribution in [0.15, 0.2) is 48.5 Å². The van der Waals surface area contributed by atoms with Gasteiger partial charge in [-0.25, -0.2) is 0 Å². The van der Waals surface area contributed by atoms with Gasteiger partial charge in [0.25, 0.3) is 0 Å². The van der Waals surface area contributed by atoms with Crippen LogP contribution in [0.4, 0.5) is 0 Å². The highest BCUT2D eigenvalue weighted by Crippen LogP contribution is 2.33. The maximum atomic E-state index is 9.19. The highest BCUT2D eigenvalue weighted by Gasteiger charge is 2.13. The molecule has 0 aliphatic heterocycles. The Morgan fingerprint density at radius 1 is 0.938 bits per heavy atom. The molecule has 0 fully saturated rings. The molecule has 1 N–H and O–H groups in total. The second kappa shape index (κ2) is 4.77. The van der Waals surface area contributed by atoms with Gasteiger partial charge in [-0.05, 0) is 29.3 Å². The molecule has 0 bridgehead atoms. The van der Waals surface area contributed by atoms with Gasteiger partial charge < -0.3 is 5.11 Å². The Hall–Kier alpha value is -1.18. The van der Waals surface area contributed by atoms with Crippen LogP contribution in [-0.4, -0.2) is 5.11 Å². The summed E-state index contributed by atoms with van der Waals surface area (Å²) in [5.41, 5.74) is 1.78. The van der Waals surface area contributed by atoms with E-state index in [2.05, 4.69) is 0 Å². The smallest absolute Gasteiger partial charge is 0.115 e. The highest BCUT2D eigenvalue weighted by atomic mass is 35.5. The Bertz CT molecular complexity index is 480. The SMILES string of the molecule is Oc1ccc(C(Cl)c2ccccc2Cl)cc1. The predicted molar refractivity (Wildman–Crippen MR) is 67.3 cm³/mol. The van der Waals surface area contributed by atoms with Crippen molar-refractivity contribution in [2.45, 2.75) is 5.38 Å². The van der Waals surface area contributed by atoms with E-state index in [9.17, 15) is 5.11 Å². The van der Waals surface area contributed by atoms with Crippen LogP contribution < -0.4 is 0 Å². The summed E-state index contributed by atoms with van der Waals surface area (Å²) < 4.78 is 0. The van der Waals surface area contributed by atoms with E-state index in [0.717, 1.165) is 11.1 Å². The number of benzene rings is 2. The lowest BCUT2D eigenvalue weighted by molar-refractivity contribution is 0.475. The minimum absolute atomic E-state index is 0.228. The van der Waals surface area contributed by atoms with Gasteiger partial charge in [-0.3, -0.25) is 0 Å². The van der Waals surface area contributed by atoms with Gasteiger partial charge in [0.05, 0.1) is 5.38 Å². The molecule has 2 aromatic rings. The van der Waals surface area contributed by atoms with E-state index in [1.165, 1.54) is 0 Å². The minimum atomic E-state index is -0.297. The Balaban J connectivity index is 2.35. The lowest BCUT2D eigenvalue weighted by Crippen LogP contribution is -1.93. The van der Waals surface area contributed by atoms with Crippen LogP contribution in [0, 0.1) is 0 Å². The van der Waals surface area contributed by atoms with Crippen LogP contribution in [-0.2, 0) is 0 Å². The van der Waals surface area contributed by atoms with Gasteiger partial charge in [0, 0.05) is 5.02 Å². The van der Waals surface area contributed by atoms with Crippen LogP contribution in [0.2, 0.25) is 5.02 Å². The maximum Gasteiger partial charge on any atom is 0.115 e. The second-order valence-corrected chi connectivity index (χ2v) is 4.32. The van der Waals surface area contributed by atoms with Gasteiger partial charge >= 0.3 is 0 Å². The molecule has 0 aliphatic carbocycles. The summed E-state index contributed by atoms with van der Waals surface area (Å²) in [7, 11) is 0. The van der Waals surface area contributed by atoms with E-state index in [4.69, 9.17) is 23.2 Å². The first-order valence-electron chi connectivity index (χ1n) is 4.86. The normalized spacial score (nSPS) is 12.4. The van der Waals surface area contributed by atoms with Crippen LogP contribution in [0.25, 0.3) is 0 Å². The summed E-state index contributed by atoms with van der Waals surface area (Å²) in [6, 6.07) is 14.3. The molecular formula is C13H10Cl2O. The molecule has 1 atom stereocenters. The van der Waals surface area contributed by atoms with E-state index < -0.39 is 0 Å². The number of rotatable bonds is 2. The average molecular weight is 253 g/mol. The Labute approximate surface area is 104 Å². The fourth-order valence-corrected chi connectivity index (χ4v) is 2.14. The van der Waals surface area contributed by atoms with Gasteiger partial charge in [-0.15, -0.1) is 11.6 Å². The van der Waals surface area contributed by atoms with E-state index in [-0.39, 0.29) is 11.1 Å². The molecule has 82 valence electrons. The zero-order valence-corrected chi connectivity index (χ0v) is 9.91. The number of aromatic hydroxyl groups is 1. The molecule has 0 spiro atoms. The van der Waals surface area contributed by atoms with Crippen molar-refractivity contribution in [1.82, 2.24) is 0 Å². The number of phenols is 1. The molecule has 3 heteroatoms. The Morgan fingerprint density at radius 3 is 2.19 bits per heavy atom. The average Bonchev–Trinajstić information content (AvgIpc) is 2.30. The molecule has 16 heavy (non-hydrogen) atoms. The summed E-state index contributed by atoms with van der Waals surface area (Å²) in [6.07, 6.45) is 0. The lowest BCUT2D eigenvalue weighted by atomic mass is 10.0. The van der Waals surface area contributed by atoms with Crippen molar-refractivity contribution in [1.29, 1.82) is 0 Å². The van der Waals surface area contributed by atoms with Crippen LogP contribution in [0.1, 0.15) is 16.5 Å². The van der Waals surface area contributed by atoms with Gasteiger partial charge in [0.2, 0.25) is 0 Å². The Morgan fingerprint density at radius 2 is 1.56 bits per heavy atom. The predicted octanol–water partition coefficient (Wildman–Crippen LogP) is 4.37. The fraction of sp³-hybridized carbons (Fsp3) is 0.0769. The lowest BCUT2D eigenvalue weighted by Gasteiger charge is -2.11. The maximum absolute atomic E-state index is 9.19. The summed E-state index contributed by atoms with van der Waals surface area (Å²) in [6.45, 7) is 0. The zero-order valence-electron chi connectivity index (χ0n) is 8.40. The van der Waals surface area contributed by atoms with Crippen LogP contribution in [0.3, 0.4) is 0 Å². The Kier molecular flexibility index (Phi) is 3.37. The highest BCUT2D eigenvalue weighted by molar-refractivity contribution is 6.33. The molecular weight excluding hydrogens is 243 g/mol. The van der Waals surface area contributed by atoms with Gasteiger partial charge in [-0.1, -0.05) is 41.9 Å². The summed E-state index contributed by atoms with van der Waals surface area (Å²) >= 11 is 12.4. The third-order valence-electron chi connectivity index (χ3n) is 2.36.